The van der Waals surface area contributed by atoms with Gasteiger partial charge in [0.2, 0.25) is 0 Å². The number of hydrogen-bond acceptors (Lipinski definition) is 4. The lowest BCUT2D eigenvalue weighted by Crippen LogP contribution is -2.53. The van der Waals surface area contributed by atoms with Crippen LogP contribution in [0.5, 0.6) is 0 Å². The molecular weight excluding hydrogens is 364 g/mol. The van der Waals surface area contributed by atoms with E-state index in [9.17, 15) is 9.59 Å². The number of ether oxygens (including phenoxy) is 1. The van der Waals surface area contributed by atoms with Crippen molar-refractivity contribution in [1.29, 1.82) is 0 Å². The molecule has 0 aliphatic carbocycles. The van der Waals surface area contributed by atoms with E-state index in [4.69, 9.17) is 4.74 Å². The monoisotopic (exact) mass is 392 g/mol. The van der Waals surface area contributed by atoms with Crippen LogP contribution in [0.1, 0.15) is 42.6 Å². The predicted molar refractivity (Wildman–Crippen MR) is 113 cm³/mol. The maximum absolute atomic E-state index is 12.5. The lowest BCUT2D eigenvalue weighted by Gasteiger charge is -2.44. The second-order valence-corrected chi connectivity index (χ2v) is 8.65. The van der Waals surface area contributed by atoms with Crippen molar-refractivity contribution in [1.82, 2.24) is 10.2 Å². The van der Waals surface area contributed by atoms with Gasteiger partial charge in [-0.05, 0) is 62.4 Å². The molecule has 0 saturated carbocycles. The summed E-state index contributed by atoms with van der Waals surface area (Å²) in [5, 5.41) is 3.04. The van der Waals surface area contributed by atoms with E-state index in [2.05, 4.69) is 10.2 Å². The van der Waals surface area contributed by atoms with Crippen LogP contribution in [0.2, 0.25) is 0 Å². The molecule has 2 bridgehead atoms. The number of rotatable bonds is 5. The fraction of sp³-hybridized carbons (Fsp3) is 0.417. The van der Waals surface area contributed by atoms with Crippen molar-refractivity contribution in [2.75, 3.05) is 19.6 Å². The van der Waals surface area contributed by atoms with E-state index in [1.165, 1.54) is 0 Å². The molecule has 0 aromatic heterocycles. The number of carbonyl (C=O) groups excluding carboxylic acids is 2. The highest BCUT2D eigenvalue weighted by molar-refractivity contribution is 5.77. The molecule has 2 aromatic rings. The van der Waals surface area contributed by atoms with Crippen LogP contribution in [0.25, 0.3) is 11.1 Å². The van der Waals surface area contributed by atoms with Gasteiger partial charge in [0.1, 0.15) is 12.4 Å². The molecule has 0 spiro atoms. The third-order valence-corrected chi connectivity index (χ3v) is 6.26. The summed E-state index contributed by atoms with van der Waals surface area (Å²) in [4.78, 5) is 25.7. The van der Waals surface area contributed by atoms with Gasteiger partial charge in [-0.1, -0.05) is 48.5 Å². The average molecular weight is 392 g/mol. The molecule has 5 nitrogen and oxygen atoms in total. The van der Waals surface area contributed by atoms with Crippen molar-refractivity contribution in [3.8, 4) is 11.1 Å². The van der Waals surface area contributed by atoms with E-state index < -0.39 is 5.54 Å². The Morgan fingerprint density at radius 3 is 2.14 bits per heavy atom. The van der Waals surface area contributed by atoms with E-state index in [1.54, 1.807) is 0 Å². The number of fused-ring (bicyclic) bond motifs is 3. The van der Waals surface area contributed by atoms with Crippen LogP contribution in [-0.2, 0) is 10.3 Å². The van der Waals surface area contributed by atoms with Gasteiger partial charge in [-0.3, -0.25) is 9.69 Å². The van der Waals surface area contributed by atoms with Gasteiger partial charge in [-0.25, -0.2) is 4.79 Å². The number of alkyl carbamates (subject to hydrolysis) is 1. The SMILES string of the molecule is CC(C)(NC(=O)OC1CN2CCC1CC2)c1ccc(-c2ccc(C=O)cc2)cc1. The zero-order chi connectivity index (χ0) is 20.4. The minimum Gasteiger partial charge on any atom is -0.445 e. The second-order valence-electron chi connectivity index (χ2n) is 8.65. The van der Waals surface area contributed by atoms with Gasteiger partial charge < -0.3 is 10.1 Å². The first-order valence-corrected chi connectivity index (χ1v) is 10.3. The van der Waals surface area contributed by atoms with Gasteiger partial charge in [0.25, 0.3) is 0 Å². The molecule has 5 heteroatoms. The highest BCUT2D eigenvalue weighted by atomic mass is 16.6. The minimum atomic E-state index is -0.537. The van der Waals surface area contributed by atoms with Crippen molar-refractivity contribution in [2.24, 2.45) is 5.92 Å². The molecule has 0 radical (unpaired) electrons. The quantitative estimate of drug-likeness (QED) is 0.774. The highest BCUT2D eigenvalue weighted by Crippen LogP contribution is 2.30. The minimum absolute atomic E-state index is 0.00464. The summed E-state index contributed by atoms with van der Waals surface area (Å²) in [5.41, 5.74) is 3.26. The molecule has 3 aliphatic heterocycles. The molecule has 1 unspecified atom stereocenters. The number of hydrogen-bond donors (Lipinski definition) is 1. The Bertz CT molecular complexity index is 866. The fourth-order valence-corrected chi connectivity index (χ4v) is 4.37. The molecule has 1 amide bonds. The van der Waals surface area contributed by atoms with E-state index in [0.717, 1.165) is 55.5 Å². The van der Waals surface area contributed by atoms with Crippen molar-refractivity contribution in [3.05, 3.63) is 59.7 Å². The van der Waals surface area contributed by atoms with Crippen molar-refractivity contribution < 1.29 is 14.3 Å². The zero-order valence-electron chi connectivity index (χ0n) is 17.1. The maximum Gasteiger partial charge on any atom is 0.408 e. The van der Waals surface area contributed by atoms with Crippen molar-refractivity contribution in [2.45, 2.75) is 38.3 Å². The number of amides is 1. The first-order chi connectivity index (χ1) is 13.9. The highest BCUT2D eigenvalue weighted by Gasteiger charge is 2.37. The topological polar surface area (TPSA) is 58.6 Å². The Morgan fingerprint density at radius 1 is 1.03 bits per heavy atom. The maximum atomic E-state index is 12.5. The number of nitrogens with one attached hydrogen (secondary N) is 1. The summed E-state index contributed by atoms with van der Waals surface area (Å²) in [7, 11) is 0. The molecule has 29 heavy (non-hydrogen) atoms. The van der Waals surface area contributed by atoms with Gasteiger partial charge in [0.15, 0.2) is 0 Å². The standard InChI is InChI=1S/C24H28N2O3/c1-24(2,25-23(28)29-22-15-26-13-11-20(22)12-14-26)21-9-7-19(8-10-21)18-5-3-17(16-27)4-6-18/h3-10,16,20,22H,11-15H2,1-2H3,(H,25,28). The van der Waals surface area contributed by atoms with E-state index in [1.807, 2.05) is 62.4 Å². The molecule has 1 N–H and O–H groups in total. The Morgan fingerprint density at radius 2 is 1.62 bits per heavy atom. The second kappa shape index (κ2) is 7.99. The third-order valence-electron chi connectivity index (χ3n) is 6.26. The van der Waals surface area contributed by atoms with Crippen LogP contribution in [0.15, 0.2) is 48.5 Å². The van der Waals surface area contributed by atoms with Gasteiger partial charge in [-0.2, -0.15) is 0 Å². The Balaban J connectivity index is 1.39. The molecule has 2 aromatic carbocycles. The van der Waals surface area contributed by atoms with Crippen LogP contribution in [0.4, 0.5) is 4.79 Å². The number of benzene rings is 2. The number of piperidine rings is 3. The summed E-state index contributed by atoms with van der Waals surface area (Å²) in [5.74, 6) is 0.499. The van der Waals surface area contributed by atoms with Gasteiger partial charge in [0, 0.05) is 12.1 Å². The Hall–Kier alpha value is -2.66. The Kier molecular flexibility index (Phi) is 5.41. The van der Waals surface area contributed by atoms with Crippen molar-refractivity contribution >= 4 is 12.4 Å². The first kappa shape index (κ1) is 19.6. The van der Waals surface area contributed by atoms with Crippen molar-refractivity contribution in [3.63, 3.8) is 0 Å². The third kappa shape index (κ3) is 4.35. The van der Waals surface area contributed by atoms with Gasteiger partial charge >= 0.3 is 6.09 Å². The Labute approximate surface area is 172 Å². The molecule has 3 aliphatic rings. The lowest BCUT2D eigenvalue weighted by atomic mass is 9.86. The van der Waals surface area contributed by atoms with Crippen LogP contribution in [0, 0.1) is 5.92 Å². The molecule has 3 fully saturated rings. The number of carbonyl (C=O) groups is 2. The normalized spacial score (nSPS) is 23.4. The number of nitrogens with zero attached hydrogens (tertiary/aromatic N) is 1. The fourth-order valence-electron chi connectivity index (χ4n) is 4.37. The lowest BCUT2D eigenvalue weighted by molar-refractivity contribution is -0.0349. The van der Waals surface area contributed by atoms with Crippen LogP contribution >= 0.6 is 0 Å². The van der Waals surface area contributed by atoms with E-state index >= 15 is 0 Å². The van der Waals surface area contributed by atoms with Crippen LogP contribution in [0.3, 0.4) is 0 Å². The zero-order valence-corrected chi connectivity index (χ0v) is 17.1. The van der Waals surface area contributed by atoms with Gasteiger partial charge in [-0.15, -0.1) is 0 Å². The first-order valence-electron chi connectivity index (χ1n) is 10.3. The molecule has 152 valence electrons. The largest absolute Gasteiger partial charge is 0.445 e. The smallest absolute Gasteiger partial charge is 0.408 e. The molecule has 3 saturated heterocycles. The van der Waals surface area contributed by atoms with E-state index in [-0.39, 0.29) is 12.2 Å². The number of aldehydes is 1. The van der Waals surface area contributed by atoms with E-state index in [0.29, 0.717) is 11.5 Å². The molecule has 3 heterocycles. The predicted octanol–water partition coefficient (Wildman–Crippen LogP) is 4.22. The summed E-state index contributed by atoms with van der Waals surface area (Å²) >= 11 is 0. The van der Waals surface area contributed by atoms with Gasteiger partial charge in [0.05, 0.1) is 5.54 Å². The molecule has 1 atom stereocenters. The summed E-state index contributed by atoms with van der Waals surface area (Å²) in [6.07, 6.45) is 2.75. The van der Waals surface area contributed by atoms with Crippen LogP contribution < -0.4 is 5.32 Å². The summed E-state index contributed by atoms with van der Waals surface area (Å²) in [6.45, 7) is 7.08. The summed E-state index contributed by atoms with van der Waals surface area (Å²) in [6, 6.07) is 15.6. The molecular formula is C24H28N2O3. The summed E-state index contributed by atoms with van der Waals surface area (Å²) < 4.78 is 5.78. The average Bonchev–Trinajstić information content (AvgIpc) is 2.74. The molecule has 5 rings (SSSR count). The van der Waals surface area contributed by atoms with Crippen LogP contribution in [-0.4, -0.2) is 43.0 Å².